The molecule has 1 atom stereocenters. The monoisotopic (exact) mass is 195 g/mol. The predicted molar refractivity (Wildman–Crippen MR) is 54.4 cm³/mol. The van der Waals surface area contributed by atoms with Gasteiger partial charge >= 0.3 is 5.97 Å². The second-order valence-electron chi connectivity index (χ2n) is 3.13. The van der Waals surface area contributed by atoms with E-state index in [4.69, 9.17) is 10.00 Å². The van der Waals surface area contributed by atoms with Crippen molar-refractivity contribution in [1.29, 1.82) is 5.26 Å². The van der Waals surface area contributed by atoms with Crippen LogP contribution >= 0.6 is 0 Å². The number of rotatable bonds is 6. The first kappa shape index (κ1) is 12.7. The number of unbranched alkanes of at least 4 members (excludes halogenated alkanes) is 2. The van der Waals surface area contributed by atoms with Gasteiger partial charge in [-0.3, -0.25) is 4.79 Å². The molecular weight excluding hydrogens is 178 g/mol. The smallest absolute Gasteiger partial charge is 0.303 e. The molecular formula is C11H17NO2. The fraction of sp³-hybridized carbons (Fsp3) is 0.636. The summed E-state index contributed by atoms with van der Waals surface area (Å²) in [5.41, 5.74) is 0. The molecule has 78 valence electrons. The minimum absolute atomic E-state index is 0.237. The zero-order valence-corrected chi connectivity index (χ0v) is 8.82. The number of hydrogen-bond acceptors (Lipinski definition) is 3. The lowest BCUT2D eigenvalue weighted by Gasteiger charge is -2.11. The highest BCUT2D eigenvalue weighted by atomic mass is 16.5. The van der Waals surface area contributed by atoms with E-state index in [0.29, 0.717) is 0 Å². The van der Waals surface area contributed by atoms with Gasteiger partial charge in [-0.1, -0.05) is 19.8 Å². The van der Waals surface area contributed by atoms with E-state index in [1.165, 1.54) is 13.0 Å². The van der Waals surface area contributed by atoms with E-state index in [9.17, 15) is 4.79 Å². The maximum Gasteiger partial charge on any atom is 0.303 e. The number of hydrogen-bond donors (Lipinski definition) is 0. The minimum atomic E-state index is -0.297. The molecule has 0 bridgehead atoms. The quantitative estimate of drug-likeness (QED) is 0.372. The van der Waals surface area contributed by atoms with Gasteiger partial charge in [0.15, 0.2) is 0 Å². The molecule has 0 aliphatic rings. The molecule has 0 aromatic heterocycles. The first-order chi connectivity index (χ1) is 6.70. The Labute approximate surface area is 85.4 Å². The first-order valence-electron chi connectivity index (χ1n) is 4.94. The number of allylic oxidation sites excluding steroid dienone is 1. The summed E-state index contributed by atoms with van der Waals surface area (Å²) in [6.07, 6.45) is 6.83. The summed E-state index contributed by atoms with van der Waals surface area (Å²) in [6.45, 7) is 3.50. The normalized spacial score (nSPS) is 12.4. The van der Waals surface area contributed by atoms with Crippen molar-refractivity contribution in [2.75, 3.05) is 0 Å². The van der Waals surface area contributed by atoms with Crippen LogP contribution in [0.4, 0.5) is 0 Å². The summed E-state index contributed by atoms with van der Waals surface area (Å²) in [7, 11) is 0. The molecule has 0 heterocycles. The van der Waals surface area contributed by atoms with Crippen molar-refractivity contribution in [2.45, 2.75) is 45.6 Å². The fourth-order valence-electron chi connectivity index (χ4n) is 1.15. The molecule has 0 aliphatic carbocycles. The van der Waals surface area contributed by atoms with Gasteiger partial charge in [-0.05, 0) is 18.9 Å². The average molecular weight is 195 g/mol. The van der Waals surface area contributed by atoms with Crippen molar-refractivity contribution in [3.05, 3.63) is 12.2 Å². The molecule has 0 spiro atoms. The number of esters is 1. The maximum atomic E-state index is 10.7. The second-order valence-corrected chi connectivity index (χ2v) is 3.13. The van der Waals surface area contributed by atoms with Crippen LogP contribution in [0, 0.1) is 11.3 Å². The highest BCUT2D eigenvalue weighted by molar-refractivity contribution is 5.66. The van der Waals surface area contributed by atoms with E-state index in [0.717, 1.165) is 25.7 Å². The highest BCUT2D eigenvalue weighted by Gasteiger charge is 2.06. The van der Waals surface area contributed by atoms with Crippen LogP contribution in [0.25, 0.3) is 0 Å². The third-order valence-electron chi connectivity index (χ3n) is 1.79. The lowest BCUT2D eigenvalue weighted by molar-refractivity contribution is -0.144. The molecule has 0 amide bonds. The summed E-state index contributed by atoms with van der Waals surface area (Å²) >= 11 is 0. The number of ether oxygens (including phenoxy) is 1. The summed E-state index contributed by atoms with van der Waals surface area (Å²) in [4.78, 5) is 10.7. The number of carbonyl (C=O) groups is 1. The largest absolute Gasteiger partial charge is 0.458 e. The average Bonchev–Trinajstić information content (AvgIpc) is 2.13. The zero-order valence-electron chi connectivity index (χ0n) is 8.82. The molecule has 0 rings (SSSR count). The lowest BCUT2D eigenvalue weighted by atomic mass is 10.1. The van der Waals surface area contributed by atoms with Gasteiger partial charge in [0.25, 0.3) is 0 Å². The third kappa shape index (κ3) is 7.35. The van der Waals surface area contributed by atoms with Crippen LogP contribution in [0.5, 0.6) is 0 Å². The van der Waals surface area contributed by atoms with E-state index < -0.39 is 0 Å². The minimum Gasteiger partial charge on any atom is -0.458 e. The van der Waals surface area contributed by atoms with Crippen LogP contribution in [0.15, 0.2) is 12.2 Å². The molecule has 0 saturated heterocycles. The van der Waals surface area contributed by atoms with Crippen molar-refractivity contribution in [2.24, 2.45) is 0 Å². The summed E-state index contributed by atoms with van der Waals surface area (Å²) in [5.74, 6) is -0.297. The van der Waals surface area contributed by atoms with Crippen LogP contribution in [0.3, 0.4) is 0 Å². The second kappa shape index (κ2) is 8.31. The Hall–Kier alpha value is -1.30. The first-order valence-corrected chi connectivity index (χ1v) is 4.94. The van der Waals surface area contributed by atoms with Crippen LogP contribution < -0.4 is 0 Å². The topological polar surface area (TPSA) is 50.1 Å². The Kier molecular flexibility index (Phi) is 7.53. The van der Waals surface area contributed by atoms with Crippen molar-refractivity contribution < 1.29 is 9.53 Å². The number of nitriles is 1. The molecule has 3 heteroatoms. The molecule has 0 saturated carbocycles. The molecule has 0 fully saturated rings. The summed E-state index contributed by atoms with van der Waals surface area (Å²) in [5, 5.41) is 8.34. The van der Waals surface area contributed by atoms with E-state index in [2.05, 4.69) is 6.92 Å². The van der Waals surface area contributed by atoms with Gasteiger partial charge in [0, 0.05) is 13.0 Å². The van der Waals surface area contributed by atoms with Gasteiger partial charge in [-0.25, -0.2) is 0 Å². The van der Waals surface area contributed by atoms with E-state index in [-0.39, 0.29) is 12.1 Å². The molecule has 0 N–H and O–H groups in total. The summed E-state index contributed by atoms with van der Waals surface area (Å²) < 4.78 is 5.02. The molecule has 0 unspecified atom stereocenters. The van der Waals surface area contributed by atoms with Gasteiger partial charge in [-0.2, -0.15) is 5.26 Å². The SMILES string of the molecule is CCCCC[C@H](/C=C/C#N)OC(C)=O. The zero-order chi connectivity index (χ0) is 10.8. The van der Waals surface area contributed by atoms with E-state index >= 15 is 0 Å². The number of carbonyl (C=O) groups excluding carboxylic acids is 1. The Morgan fingerprint density at radius 3 is 2.79 bits per heavy atom. The Morgan fingerprint density at radius 2 is 2.29 bits per heavy atom. The van der Waals surface area contributed by atoms with E-state index in [1.807, 2.05) is 6.07 Å². The third-order valence-corrected chi connectivity index (χ3v) is 1.79. The van der Waals surface area contributed by atoms with Gasteiger partial charge in [-0.15, -0.1) is 0 Å². The van der Waals surface area contributed by atoms with Crippen molar-refractivity contribution in [1.82, 2.24) is 0 Å². The maximum absolute atomic E-state index is 10.7. The van der Waals surface area contributed by atoms with Crippen molar-refractivity contribution >= 4 is 5.97 Å². The molecule has 3 nitrogen and oxygen atoms in total. The van der Waals surface area contributed by atoms with E-state index in [1.54, 1.807) is 6.08 Å². The van der Waals surface area contributed by atoms with Crippen molar-refractivity contribution in [3.63, 3.8) is 0 Å². The van der Waals surface area contributed by atoms with Gasteiger partial charge in [0.2, 0.25) is 0 Å². The predicted octanol–water partition coefficient (Wildman–Crippen LogP) is 2.58. The Morgan fingerprint density at radius 1 is 1.57 bits per heavy atom. The fourth-order valence-corrected chi connectivity index (χ4v) is 1.15. The Bertz CT molecular complexity index is 228. The lowest BCUT2D eigenvalue weighted by Crippen LogP contribution is -2.13. The van der Waals surface area contributed by atoms with Crippen LogP contribution in [0.2, 0.25) is 0 Å². The molecule has 0 aromatic carbocycles. The van der Waals surface area contributed by atoms with Gasteiger partial charge in [0.1, 0.15) is 6.10 Å². The van der Waals surface area contributed by atoms with Crippen LogP contribution in [-0.2, 0) is 9.53 Å². The van der Waals surface area contributed by atoms with Crippen LogP contribution in [0.1, 0.15) is 39.5 Å². The highest BCUT2D eigenvalue weighted by Crippen LogP contribution is 2.08. The van der Waals surface area contributed by atoms with Crippen molar-refractivity contribution in [3.8, 4) is 6.07 Å². The van der Waals surface area contributed by atoms with Gasteiger partial charge in [0.05, 0.1) is 6.07 Å². The molecule has 14 heavy (non-hydrogen) atoms. The standard InChI is InChI=1S/C11H17NO2/c1-3-4-5-7-11(8-6-9-12)14-10(2)13/h6,8,11H,3-5,7H2,1-2H3/b8-6+/t11-/m1/s1. The van der Waals surface area contributed by atoms with Gasteiger partial charge < -0.3 is 4.74 Å². The number of nitrogens with zero attached hydrogens (tertiary/aromatic N) is 1. The molecule has 0 aromatic rings. The van der Waals surface area contributed by atoms with Crippen LogP contribution in [-0.4, -0.2) is 12.1 Å². The molecule has 0 aliphatic heterocycles. The summed E-state index contributed by atoms with van der Waals surface area (Å²) in [6, 6.07) is 1.89. The Balaban J connectivity index is 3.92. The molecule has 0 radical (unpaired) electrons.